The van der Waals surface area contributed by atoms with Crippen molar-refractivity contribution in [2.75, 3.05) is 6.61 Å². The molecule has 0 aliphatic heterocycles. The van der Waals surface area contributed by atoms with E-state index in [-0.39, 0.29) is 11.5 Å². The van der Waals surface area contributed by atoms with Gasteiger partial charge in [0.15, 0.2) is 5.16 Å². The standard InChI is InChI=1S/C23H23N3O3S/c1-5-29-22(28)15(4)30-23-25-19-17-8-6-7-9-18(17)24-20(19)21(27)26(23)16-11-13(2)10-14(3)12-16/h6-12,15,24H,5H2,1-4H3. The van der Waals surface area contributed by atoms with Crippen LogP contribution in [-0.4, -0.2) is 32.4 Å². The van der Waals surface area contributed by atoms with Gasteiger partial charge in [0.2, 0.25) is 0 Å². The minimum Gasteiger partial charge on any atom is -0.465 e. The van der Waals surface area contributed by atoms with Gasteiger partial charge in [-0.1, -0.05) is 36.0 Å². The van der Waals surface area contributed by atoms with E-state index < -0.39 is 5.25 Å². The summed E-state index contributed by atoms with van der Waals surface area (Å²) in [4.78, 5) is 33.9. The summed E-state index contributed by atoms with van der Waals surface area (Å²) in [5.41, 5.74) is 4.53. The minimum absolute atomic E-state index is 0.195. The molecule has 0 fully saturated rings. The second-order valence-electron chi connectivity index (χ2n) is 7.29. The van der Waals surface area contributed by atoms with Crippen molar-refractivity contribution in [2.45, 2.75) is 38.1 Å². The first-order chi connectivity index (χ1) is 14.4. The first-order valence-corrected chi connectivity index (χ1v) is 10.7. The van der Waals surface area contributed by atoms with Crippen LogP contribution in [0.4, 0.5) is 0 Å². The zero-order valence-electron chi connectivity index (χ0n) is 17.4. The van der Waals surface area contributed by atoms with E-state index in [9.17, 15) is 9.59 Å². The molecule has 0 saturated carbocycles. The minimum atomic E-state index is -0.503. The normalized spacial score (nSPS) is 12.4. The molecule has 30 heavy (non-hydrogen) atoms. The number of aromatic nitrogens is 3. The predicted molar refractivity (Wildman–Crippen MR) is 121 cm³/mol. The van der Waals surface area contributed by atoms with Crippen molar-refractivity contribution >= 4 is 39.7 Å². The number of esters is 1. The molecule has 0 bridgehead atoms. The Morgan fingerprint density at radius 3 is 2.60 bits per heavy atom. The average molecular weight is 422 g/mol. The maximum atomic E-state index is 13.6. The number of carbonyl (C=O) groups excluding carboxylic acids is 1. The topological polar surface area (TPSA) is 77.0 Å². The number of ether oxygens (including phenoxy) is 1. The highest BCUT2D eigenvalue weighted by atomic mass is 32.2. The molecule has 154 valence electrons. The molecule has 2 aromatic heterocycles. The van der Waals surface area contributed by atoms with Gasteiger partial charge < -0.3 is 9.72 Å². The van der Waals surface area contributed by atoms with Crippen molar-refractivity contribution in [1.29, 1.82) is 0 Å². The lowest BCUT2D eigenvalue weighted by molar-refractivity contribution is -0.142. The Kier molecular flexibility index (Phi) is 5.39. The summed E-state index contributed by atoms with van der Waals surface area (Å²) in [7, 11) is 0. The number of benzene rings is 2. The van der Waals surface area contributed by atoms with Crippen LogP contribution >= 0.6 is 11.8 Å². The van der Waals surface area contributed by atoms with Crippen LogP contribution in [-0.2, 0) is 9.53 Å². The van der Waals surface area contributed by atoms with Gasteiger partial charge in [0.05, 0.1) is 12.3 Å². The Bertz CT molecular complexity index is 1300. The Balaban J connectivity index is 1.99. The van der Waals surface area contributed by atoms with Gasteiger partial charge in [-0.15, -0.1) is 0 Å². The van der Waals surface area contributed by atoms with Gasteiger partial charge in [0, 0.05) is 10.9 Å². The molecule has 1 atom stereocenters. The monoisotopic (exact) mass is 421 g/mol. The summed E-state index contributed by atoms with van der Waals surface area (Å²) in [6.45, 7) is 7.83. The average Bonchev–Trinajstić information content (AvgIpc) is 3.06. The first-order valence-electron chi connectivity index (χ1n) is 9.84. The third kappa shape index (κ3) is 3.61. The van der Waals surface area contributed by atoms with Crippen molar-refractivity contribution in [3.63, 3.8) is 0 Å². The van der Waals surface area contributed by atoms with E-state index in [4.69, 9.17) is 9.72 Å². The molecule has 2 heterocycles. The van der Waals surface area contributed by atoms with Crippen LogP contribution in [0, 0.1) is 13.8 Å². The Hall–Kier alpha value is -3.06. The highest BCUT2D eigenvalue weighted by Gasteiger charge is 2.22. The number of aryl methyl sites for hydroxylation is 2. The maximum absolute atomic E-state index is 13.6. The zero-order chi connectivity index (χ0) is 21.4. The number of fused-ring (bicyclic) bond motifs is 3. The van der Waals surface area contributed by atoms with Gasteiger partial charge in [-0.05, 0) is 57.0 Å². The highest BCUT2D eigenvalue weighted by molar-refractivity contribution is 8.00. The number of nitrogens with zero attached hydrogens (tertiary/aromatic N) is 2. The van der Waals surface area contributed by atoms with Crippen molar-refractivity contribution < 1.29 is 9.53 Å². The van der Waals surface area contributed by atoms with Crippen molar-refractivity contribution in [1.82, 2.24) is 14.5 Å². The van der Waals surface area contributed by atoms with E-state index in [1.165, 1.54) is 11.8 Å². The summed E-state index contributed by atoms with van der Waals surface area (Å²) in [5, 5.41) is 0.835. The number of nitrogens with one attached hydrogen (secondary N) is 1. The van der Waals surface area contributed by atoms with E-state index in [0.717, 1.165) is 27.7 Å². The van der Waals surface area contributed by atoms with Crippen molar-refractivity contribution in [3.05, 3.63) is 63.9 Å². The van der Waals surface area contributed by atoms with Crippen molar-refractivity contribution in [3.8, 4) is 5.69 Å². The van der Waals surface area contributed by atoms with Gasteiger partial charge in [0.25, 0.3) is 5.56 Å². The van der Waals surface area contributed by atoms with Crippen LogP contribution in [0.2, 0.25) is 0 Å². The van der Waals surface area contributed by atoms with Gasteiger partial charge >= 0.3 is 5.97 Å². The van der Waals surface area contributed by atoms with Gasteiger partial charge in [-0.2, -0.15) is 0 Å². The summed E-state index contributed by atoms with van der Waals surface area (Å²) >= 11 is 1.23. The molecule has 4 aromatic rings. The summed E-state index contributed by atoms with van der Waals surface area (Å²) in [5.74, 6) is -0.331. The van der Waals surface area contributed by atoms with Crippen LogP contribution in [0.3, 0.4) is 0 Å². The summed E-state index contributed by atoms with van der Waals surface area (Å²) in [6.07, 6.45) is 0. The third-order valence-corrected chi connectivity index (χ3v) is 5.89. The van der Waals surface area contributed by atoms with Crippen molar-refractivity contribution in [2.24, 2.45) is 0 Å². The fourth-order valence-corrected chi connectivity index (χ4v) is 4.51. The lowest BCUT2D eigenvalue weighted by Crippen LogP contribution is -2.24. The molecule has 0 amide bonds. The number of rotatable bonds is 5. The summed E-state index contributed by atoms with van der Waals surface area (Å²) in [6, 6.07) is 13.6. The Morgan fingerprint density at radius 2 is 1.90 bits per heavy atom. The number of hydrogen-bond acceptors (Lipinski definition) is 5. The van der Waals surface area contributed by atoms with E-state index in [2.05, 4.69) is 11.1 Å². The fraction of sp³-hybridized carbons (Fsp3) is 0.261. The second-order valence-corrected chi connectivity index (χ2v) is 8.60. The molecule has 0 aliphatic rings. The lowest BCUT2D eigenvalue weighted by Gasteiger charge is -2.16. The zero-order valence-corrected chi connectivity index (χ0v) is 18.2. The molecule has 6 nitrogen and oxygen atoms in total. The van der Waals surface area contributed by atoms with Gasteiger partial charge in [-0.3, -0.25) is 14.2 Å². The molecule has 0 spiro atoms. The molecule has 7 heteroatoms. The van der Waals surface area contributed by atoms with Crippen LogP contribution in [0.5, 0.6) is 0 Å². The largest absolute Gasteiger partial charge is 0.465 e. The van der Waals surface area contributed by atoms with Gasteiger partial charge in [-0.25, -0.2) is 4.98 Å². The fourth-order valence-electron chi connectivity index (χ4n) is 3.59. The summed E-state index contributed by atoms with van der Waals surface area (Å²) < 4.78 is 6.73. The molecule has 1 N–H and O–H groups in total. The van der Waals surface area contributed by atoms with E-state index in [1.54, 1.807) is 18.4 Å². The molecule has 0 aliphatic carbocycles. The lowest BCUT2D eigenvalue weighted by atomic mass is 10.1. The van der Waals surface area contributed by atoms with Crippen LogP contribution in [0.15, 0.2) is 52.4 Å². The number of aromatic amines is 1. The first kappa shape index (κ1) is 20.2. The van der Waals surface area contributed by atoms with Crippen LogP contribution in [0.1, 0.15) is 25.0 Å². The second kappa shape index (κ2) is 7.99. The van der Waals surface area contributed by atoms with Gasteiger partial charge in [0.1, 0.15) is 16.3 Å². The van der Waals surface area contributed by atoms with Crippen LogP contribution < -0.4 is 5.56 Å². The maximum Gasteiger partial charge on any atom is 0.319 e. The molecule has 4 rings (SSSR count). The van der Waals surface area contributed by atoms with Crippen LogP contribution in [0.25, 0.3) is 27.6 Å². The Labute approximate surface area is 178 Å². The number of thioether (sulfide) groups is 1. The molecular formula is C23H23N3O3S. The Morgan fingerprint density at radius 1 is 1.20 bits per heavy atom. The van der Waals surface area contributed by atoms with E-state index >= 15 is 0 Å². The number of carbonyl (C=O) groups is 1. The molecule has 1 unspecified atom stereocenters. The molecule has 0 radical (unpaired) electrons. The molecular weight excluding hydrogens is 398 g/mol. The third-order valence-electron chi connectivity index (χ3n) is 4.86. The number of hydrogen-bond donors (Lipinski definition) is 1. The predicted octanol–water partition coefficient (Wildman–Crippen LogP) is 4.53. The molecule has 0 saturated heterocycles. The SMILES string of the molecule is CCOC(=O)C(C)Sc1nc2c([nH]c3ccccc32)c(=O)n1-c1cc(C)cc(C)c1. The number of para-hydroxylation sites is 1. The van der Waals surface area contributed by atoms with E-state index in [0.29, 0.717) is 22.8 Å². The highest BCUT2D eigenvalue weighted by Crippen LogP contribution is 2.29. The number of H-pyrrole nitrogens is 1. The quantitative estimate of drug-likeness (QED) is 0.291. The molecule has 2 aromatic carbocycles. The van der Waals surface area contributed by atoms with E-state index in [1.807, 2.05) is 50.2 Å². The smallest absolute Gasteiger partial charge is 0.319 e.